The summed E-state index contributed by atoms with van der Waals surface area (Å²) in [6, 6.07) is 8.23. The Balaban J connectivity index is 2.28. The Bertz CT molecular complexity index is 575. The Labute approximate surface area is 123 Å². The van der Waals surface area contributed by atoms with E-state index in [1.165, 1.54) is 5.01 Å². The van der Waals surface area contributed by atoms with Gasteiger partial charge in [0.25, 0.3) is 0 Å². The topological polar surface area (TPSA) is 79.2 Å². The third-order valence-corrected chi connectivity index (χ3v) is 2.86. The van der Waals surface area contributed by atoms with Crippen LogP contribution in [0, 0.1) is 0 Å². The number of hydrogen-bond acceptors (Lipinski definition) is 5. The smallest absolute Gasteiger partial charge is 0.352 e. The van der Waals surface area contributed by atoms with Crippen molar-refractivity contribution in [2.75, 3.05) is 5.01 Å². The minimum Gasteiger partial charge on any atom is -0.477 e. The highest BCUT2D eigenvalue weighted by atomic mass is 16.6. The van der Waals surface area contributed by atoms with Crippen molar-refractivity contribution < 1.29 is 19.4 Å². The Hall–Kier alpha value is -2.37. The Morgan fingerprint density at radius 3 is 2.43 bits per heavy atom. The molecule has 1 N–H and O–H groups in total. The van der Waals surface area contributed by atoms with Crippen molar-refractivity contribution in [1.82, 2.24) is 0 Å². The lowest BCUT2D eigenvalue weighted by Crippen LogP contribution is -2.39. The van der Waals surface area contributed by atoms with Gasteiger partial charge in [0.05, 0.1) is 5.69 Å². The minimum absolute atomic E-state index is 0.0269. The first kappa shape index (κ1) is 15.0. The van der Waals surface area contributed by atoms with Gasteiger partial charge in [0.2, 0.25) is 0 Å². The molecule has 0 saturated carbocycles. The molecule has 0 spiro atoms. The molecule has 0 fully saturated rings. The summed E-state index contributed by atoms with van der Waals surface area (Å²) < 4.78 is 5.35. The Morgan fingerprint density at radius 1 is 1.29 bits per heavy atom. The van der Waals surface area contributed by atoms with Crippen molar-refractivity contribution in [1.29, 1.82) is 0 Å². The lowest BCUT2D eigenvalue weighted by Gasteiger charge is -2.26. The number of nitrogens with zero attached hydrogens (tertiary/aromatic N) is 2. The highest BCUT2D eigenvalue weighted by Crippen LogP contribution is 2.26. The maximum atomic E-state index is 12.3. The van der Waals surface area contributed by atoms with Gasteiger partial charge in [-0.15, -0.1) is 0 Å². The Kier molecular flexibility index (Phi) is 3.97. The molecule has 1 aliphatic rings. The predicted octanol–water partition coefficient (Wildman–Crippen LogP) is 2.05. The summed E-state index contributed by atoms with van der Waals surface area (Å²) in [5, 5.41) is 14.6. The van der Waals surface area contributed by atoms with Gasteiger partial charge in [0.1, 0.15) is 11.3 Å². The van der Waals surface area contributed by atoms with Gasteiger partial charge < -0.3 is 9.84 Å². The molecule has 1 atom stereocenters. The number of hydrogen-bond donors (Lipinski definition) is 1. The van der Waals surface area contributed by atoms with Gasteiger partial charge in [0.15, 0.2) is 6.04 Å². The van der Waals surface area contributed by atoms with Crippen LogP contribution in [-0.4, -0.2) is 34.4 Å². The summed E-state index contributed by atoms with van der Waals surface area (Å²) in [4.78, 5) is 23.4. The average molecular weight is 290 g/mol. The number of para-hydroxylation sites is 1. The van der Waals surface area contributed by atoms with Gasteiger partial charge in [-0.2, -0.15) is 5.10 Å². The first-order chi connectivity index (χ1) is 9.78. The van der Waals surface area contributed by atoms with Crippen LogP contribution in [0.5, 0.6) is 0 Å². The molecule has 1 aromatic rings. The molecular weight excluding hydrogens is 272 g/mol. The third kappa shape index (κ3) is 3.59. The molecule has 0 aromatic heterocycles. The Morgan fingerprint density at radius 2 is 1.90 bits per heavy atom. The summed E-state index contributed by atoms with van der Waals surface area (Å²) in [6.07, 6.45) is 0.0269. The molecule has 0 radical (unpaired) electrons. The van der Waals surface area contributed by atoms with Crippen molar-refractivity contribution >= 4 is 23.3 Å². The lowest BCUT2D eigenvalue weighted by molar-refractivity contribution is -0.156. The molecular formula is C15H18N2O4. The van der Waals surface area contributed by atoms with Crippen LogP contribution in [0.2, 0.25) is 0 Å². The van der Waals surface area contributed by atoms with Crippen LogP contribution in [-0.2, 0) is 14.3 Å². The van der Waals surface area contributed by atoms with Crippen LogP contribution in [0.3, 0.4) is 0 Å². The molecule has 6 heteroatoms. The fraction of sp³-hybridized carbons (Fsp3) is 0.400. The monoisotopic (exact) mass is 290 g/mol. The second-order valence-corrected chi connectivity index (χ2v) is 5.79. The zero-order chi connectivity index (χ0) is 15.6. The SMILES string of the molecule is CC(C)(C)OC(=O)[C@H]1CC(C(=O)O)=NN1c1ccccc1. The number of carbonyl (C=O) groups excluding carboxylic acids is 1. The quantitative estimate of drug-likeness (QED) is 0.862. The van der Waals surface area contributed by atoms with Gasteiger partial charge in [-0.05, 0) is 32.9 Å². The van der Waals surface area contributed by atoms with Crippen molar-refractivity contribution in [3.8, 4) is 0 Å². The van der Waals surface area contributed by atoms with E-state index in [1.54, 1.807) is 45.0 Å². The van der Waals surface area contributed by atoms with E-state index < -0.39 is 23.6 Å². The van der Waals surface area contributed by atoms with Gasteiger partial charge in [-0.25, -0.2) is 9.59 Å². The molecule has 112 valence electrons. The second-order valence-electron chi connectivity index (χ2n) is 5.79. The maximum absolute atomic E-state index is 12.3. The average Bonchev–Trinajstić information content (AvgIpc) is 2.83. The van der Waals surface area contributed by atoms with E-state index in [4.69, 9.17) is 9.84 Å². The number of benzene rings is 1. The molecule has 6 nitrogen and oxygen atoms in total. The number of ether oxygens (including phenoxy) is 1. The molecule has 0 amide bonds. The molecule has 1 aromatic carbocycles. The second kappa shape index (κ2) is 5.55. The summed E-state index contributed by atoms with van der Waals surface area (Å²) in [6.45, 7) is 5.31. The van der Waals surface area contributed by atoms with Crippen molar-refractivity contribution in [2.24, 2.45) is 5.10 Å². The fourth-order valence-corrected chi connectivity index (χ4v) is 2.01. The van der Waals surface area contributed by atoms with Crippen LogP contribution in [0.15, 0.2) is 35.4 Å². The van der Waals surface area contributed by atoms with Gasteiger partial charge in [-0.3, -0.25) is 5.01 Å². The molecule has 0 unspecified atom stereocenters. The van der Waals surface area contributed by atoms with Crippen LogP contribution in [0.4, 0.5) is 5.69 Å². The number of anilines is 1. The first-order valence-corrected chi connectivity index (χ1v) is 6.66. The molecule has 0 bridgehead atoms. The van der Waals surface area contributed by atoms with Crippen LogP contribution >= 0.6 is 0 Å². The first-order valence-electron chi connectivity index (χ1n) is 6.66. The standard InChI is InChI=1S/C15H18N2O4/c1-15(2,3)21-14(20)12-9-11(13(18)19)16-17(12)10-7-5-4-6-8-10/h4-8,12H,9H2,1-3H3,(H,18,19)/t12-/m1/s1. The molecule has 0 aliphatic carbocycles. The van der Waals surface area contributed by atoms with E-state index in [0.717, 1.165) is 0 Å². The van der Waals surface area contributed by atoms with Gasteiger partial charge >= 0.3 is 11.9 Å². The number of aliphatic carboxylic acids is 1. The summed E-state index contributed by atoms with van der Waals surface area (Å²) >= 11 is 0. The zero-order valence-corrected chi connectivity index (χ0v) is 12.2. The van der Waals surface area contributed by atoms with E-state index in [9.17, 15) is 9.59 Å². The van der Waals surface area contributed by atoms with E-state index in [0.29, 0.717) is 5.69 Å². The van der Waals surface area contributed by atoms with Crippen LogP contribution in [0.25, 0.3) is 0 Å². The molecule has 0 saturated heterocycles. The van der Waals surface area contributed by atoms with Crippen LogP contribution < -0.4 is 5.01 Å². The van der Waals surface area contributed by atoms with Crippen LogP contribution in [0.1, 0.15) is 27.2 Å². The number of hydrazone groups is 1. The molecule has 1 heterocycles. The number of esters is 1. The van der Waals surface area contributed by atoms with E-state index in [1.807, 2.05) is 6.07 Å². The van der Waals surface area contributed by atoms with Crippen molar-refractivity contribution in [3.05, 3.63) is 30.3 Å². The highest BCUT2D eigenvalue weighted by molar-refractivity contribution is 6.37. The summed E-state index contributed by atoms with van der Waals surface area (Å²) in [5.41, 5.74) is -0.0230. The summed E-state index contributed by atoms with van der Waals surface area (Å²) in [5.74, 6) is -1.60. The summed E-state index contributed by atoms with van der Waals surface area (Å²) in [7, 11) is 0. The predicted molar refractivity (Wildman–Crippen MR) is 78.2 cm³/mol. The largest absolute Gasteiger partial charge is 0.477 e. The fourth-order valence-electron chi connectivity index (χ4n) is 2.01. The zero-order valence-electron chi connectivity index (χ0n) is 12.2. The number of carboxylic acids is 1. The third-order valence-electron chi connectivity index (χ3n) is 2.86. The minimum atomic E-state index is -1.12. The normalized spacial score (nSPS) is 18.3. The molecule has 2 rings (SSSR count). The molecule has 21 heavy (non-hydrogen) atoms. The highest BCUT2D eigenvalue weighted by Gasteiger charge is 2.38. The van der Waals surface area contributed by atoms with Gasteiger partial charge in [0, 0.05) is 6.42 Å². The lowest BCUT2D eigenvalue weighted by atomic mass is 10.1. The van der Waals surface area contributed by atoms with E-state index in [-0.39, 0.29) is 12.1 Å². The number of carboxylic acid groups (broad SMARTS) is 1. The number of carbonyl (C=O) groups is 2. The molecule has 1 aliphatic heterocycles. The maximum Gasteiger partial charge on any atom is 0.352 e. The number of rotatable bonds is 3. The van der Waals surface area contributed by atoms with E-state index in [2.05, 4.69) is 5.10 Å². The van der Waals surface area contributed by atoms with Crippen molar-refractivity contribution in [2.45, 2.75) is 38.8 Å². The van der Waals surface area contributed by atoms with E-state index >= 15 is 0 Å². The van der Waals surface area contributed by atoms with Crippen molar-refractivity contribution in [3.63, 3.8) is 0 Å². The van der Waals surface area contributed by atoms with Gasteiger partial charge in [-0.1, -0.05) is 18.2 Å².